The summed E-state index contributed by atoms with van der Waals surface area (Å²) in [7, 11) is 0. The number of fused-ring (bicyclic) bond motifs is 1. The maximum absolute atomic E-state index is 12.2. The molecule has 0 amide bonds. The van der Waals surface area contributed by atoms with Gasteiger partial charge < -0.3 is 14.8 Å². The molecule has 0 bridgehead atoms. The van der Waals surface area contributed by atoms with Crippen molar-refractivity contribution in [3.63, 3.8) is 0 Å². The zero-order chi connectivity index (χ0) is 14.8. The molecule has 0 saturated heterocycles. The lowest BCUT2D eigenvalue weighted by Gasteiger charge is -2.21. The minimum absolute atomic E-state index is 0.285. The fourth-order valence-electron chi connectivity index (χ4n) is 1.98. The van der Waals surface area contributed by atoms with Gasteiger partial charge in [-0.15, -0.1) is 0 Å². The lowest BCUT2D eigenvalue weighted by Crippen LogP contribution is -2.30. The van der Waals surface area contributed by atoms with Crippen molar-refractivity contribution in [2.45, 2.75) is 32.1 Å². The normalized spacial score (nSPS) is 16.1. The number of rotatable bonds is 4. The standard InChI is InChI=1S/C13H15ClF3NO2/c1-8(6-13(15,16)17)18-7-9-4-10(14)12-11(5-9)19-2-3-20-12/h4-5,8,18H,2-3,6-7H2,1H3. The van der Waals surface area contributed by atoms with E-state index in [0.29, 0.717) is 29.7 Å². The van der Waals surface area contributed by atoms with Gasteiger partial charge in [0.2, 0.25) is 0 Å². The average Bonchev–Trinajstić information content (AvgIpc) is 2.34. The molecule has 1 atom stereocenters. The second-order valence-corrected chi connectivity index (χ2v) is 5.11. The highest BCUT2D eigenvalue weighted by molar-refractivity contribution is 6.32. The lowest BCUT2D eigenvalue weighted by molar-refractivity contribution is -0.139. The number of benzene rings is 1. The highest BCUT2D eigenvalue weighted by atomic mass is 35.5. The summed E-state index contributed by atoms with van der Waals surface area (Å²) < 4.78 is 47.5. The smallest absolute Gasteiger partial charge is 0.390 e. The van der Waals surface area contributed by atoms with Crippen molar-refractivity contribution in [1.29, 1.82) is 0 Å². The van der Waals surface area contributed by atoms with Crippen LogP contribution in [0.25, 0.3) is 0 Å². The van der Waals surface area contributed by atoms with Gasteiger partial charge in [0, 0.05) is 12.6 Å². The van der Waals surface area contributed by atoms with Crippen molar-refractivity contribution >= 4 is 11.6 Å². The fourth-order valence-corrected chi connectivity index (χ4v) is 2.27. The number of alkyl halides is 3. The Kier molecular flexibility index (Phi) is 4.65. The summed E-state index contributed by atoms with van der Waals surface area (Å²) in [5.74, 6) is 1.02. The molecule has 0 aromatic heterocycles. The van der Waals surface area contributed by atoms with E-state index in [9.17, 15) is 13.2 Å². The molecule has 0 fully saturated rings. The van der Waals surface area contributed by atoms with Crippen molar-refractivity contribution in [1.82, 2.24) is 5.32 Å². The molecule has 1 aliphatic heterocycles. The Bertz CT molecular complexity index is 479. The van der Waals surface area contributed by atoms with E-state index in [1.807, 2.05) is 0 Å². The Morgan fingerprint density at radius 1 is 1.30 bits per heavy atom. The van der Waals surface area contributed by atoms with E-state index < -0.39 is 18.6 Å². The summed E-state index contributed by atoms with van der Waals surface area (Å²) in [6.07, 6.45) is -5.04. The Morgan fingerprint density at radius 2 is 2.00 bits per heavy atom. The van der Waals surface area contributed by atoms with Crippen molar-refractivity contribution in [2.24, 2.45) is 0 Å². The van der Waals surface area contributed by atoms with Crippen LogP contribution in [0.1, 0.15) is 18.9 Å². The van der Waals surface area contributed by atoms with E-state index in [-0.39, 0.29) is 6.54 Å². The molecule has 7 heteroatoms. The van der Waals surface area contributed by atoms with E-state index in [1.54, 1.807) is 12.1 Å². The third-order valence-electron chi connectivity index (χ3n) is 2.85. The maximum Gasteiger partial charge on any atom is 0.390 e. The average molecular weight is 310 g/mol. The van der Waals surface area contributed by atoms with Gasteiger partial charge in [-0.05, 0) is 24.6 Å². The number of nitrogens with one attached hydrogen (secondary N) is 1. The molecule has 1 N–H and O–H groups in total. The molecule has 112 valence electrons. The van der Waals surface area contributed by atoms with Crippen LogP contribution in [0.4, 0.5) is 13.2 Å². The molecular formula is C13H15ClF3NO2. The molecule has 0 spiro atoms. The highest BCUT2D eigenvalue weighted by Gasteiger charge is 2.29. The first-order valence-corrected chi connectivity index (χ1v) is 6.61. The van der Waals surface area contributed by atoms with Crippen LogP contribution in [0, 0.1) is 0 Å². The van der Waals surface area contributed by atoms with Crippen LogP contribution >= 0.6 is 11.6 Å². The fraction of sp³-hybridized carbons (Fsp3) is 0.538. The Labute approximate surface area is 120 Å². The van der Waals surface area contributed by atoms with Gasteiger partial charge in [-0.3, -0.25) is 0 Å². The predicted octanol–water partition coefficient (Wildman–Crippen LogP) is 3.54. The van der Waals surface area contributed by atoms with Gasteiger partial charge in [0.1, 0.15) is 13.2 Å². The van der Waals surface area contributed by atoms with Gasteiger partial charge in [-0.25, -0.2) is 0 Å². The minimum atomic E-state index is -4.17. The molecule has 0 radical (unpaired) electrons. The largest absolute Gasteiger partial charge is 0.486 e. The van der Waals surface area contributed by atoms with Crippen LogP contribution < -0.4 is 14.8 Å². The number of halogens is 4. The van der Waals surface area contributed by atoms with Crippen LogP contribution in [-0.4, -0.2) is 25.4 Å². The number of hydrogen-bond donors (Lipinski definition) is 1. The van der Waals surface area contributed by atoms with E-state index in [4.69, 9.17) is 21.1 Å². The zero-order valence-corrected chi connectivity index (χ0v) is 11.6. The van der Waals surface area contributed by atoms with Crippen LogP contribution in [0.3, 0.4) is 0 Å². The highest BCUT2D eigenvalue weighted by Crippen LogP contribution is 2.38. The zero-order valence-electron chi connectivity index (χ0n) is 10.9. The molecule has 1 heterocycles. The van der Waals surface area contributed by atoms with Crippen LogP contribution in [0.5, 0.6) is 11.5 Å². The van der Waals surface area contributed by atoms with E-state index in [1.165, 1.54) is 6.92 Å². The summed E-state index contributed by atoms with van der Waals surface area (Å²) in [4.78, 5) is 0. The first-order valence-electron chi connectivity index (χ1n) is 6.23. The molecule has 20 heavy (non-hydrogen) atoms. The Hall–Kier alpha value is -1.14. The van der Waals surface area contributed by atoms with Crippen LogP contribution in [0.2, 0.25) is 5.02 Å². The second kappa shape index (κ2) is 6.10. The third kappa shape index (κ3) is 4.18. The summed E-state index contributed by atoms with van der Waals surface area (Å²) in [5, 5.41) is 3.22. The third-order valence-corrected chi connectivity index (χ3v) is 3.13. The molecule has 1 aliphatic rings. The van der Waals surface area contributed by atoms with Crippen molar-refractivity contribution in [3.8, 4) is 11.5 Å². The molecule has 1 aromatic carbocycles. The van der Waals surface area contributed by atoms with E-state index >= 15 is 0 Å². The topological polar surface area (TPSA) is 30.5 Å². The Balaban J connectivity index is 1.98. The van der Waals surface area contributed by atoms with Gasteiger partial charge in [0.25, 0.3) is 0 Å². The molecular weight excluding hydrogens is 295 g/mol. The van der Waals surface area contributed by atoms with E-state index in [2.05, 4.69) is 5.32 Å². The summed E-state index contributed by atoms with van der Waals surface area (Å²) in [6, 6.07) is 2.73. The molecule has 1 unspecified atom stereocenters. The molecule has 2 rings (SSSR count). The first-order chi connectivity index (χ1) is 9.35. The number of ether oxygens (including phenoxy) is 2. The molecule has 0 aliphatic carbocycles. The van der Waals surface area contributed by atoms with Gasteiger partial charge in [0.15, 0.2) is 11.5 Å². The SMILES string of the molecule is CC(CC(F)(F)F)NCc1cc(Cl)c2c(c1)OCCO2. The predicted molar refractivity (Wildman–Crippen MR) is 69.4 cm³/mol. The number of hydrogen-bond acceptors (Lipinski definition) is 3. The monoisotopic (exact) mass is 309 g/mol. The van der Waals surface area contributed by atoms with Gasteiger partial charge in [0.05, 0.1) is 11.4 Å². The van der Waals surface area contributed by atoms with Gasteiger partial charge >= 0.3 is 6.18 Å². The van der Waals surface area contributed by atoms with Gasteiger partial charge in [-0.1, -0.05) is 11.6 Å². The first kappa shape index (κ1) is 15.3. The van der Waals surface area contributed by atoms with E-state index in [0.717, 1.165) is 5.56 Å². The summed E-state index contributed by atoms with van der Waals surface area (Å²) in [5.41, 5.74) is 0.758. The molecule has 1 aromatic rings. The quantitative estimate of drug-likeness (QED) is 0.923. The summed E-state index contributed by atoms with van der Waals surface area (Å²) >= 11 is 6.06. The second-order valence-electron chi connectivity index (χ2n) is 4.70. The minimum Gasteiger partial charge on any atom is -0.486 e. The van der Waals surface area contributed by atoms with Crippen molar-refractivity contribution < 1.29 is 22.6 Å². The van der Waals surface area contributed by atoms with Crippen LogP contribution in [0.15, 0.2) is 12.1 Å². The maximum atomic E-state index is 12.2. The Morgan fingerprint density at radius 3 is 2.70 bits per heavy atom. The van der Waals surface area contributed by atoms with Crippen molar-refractivity contribution in [2.75, 3.05) is 13.2 Å². The molecule has 0 saturated carbocycles. The lowest BCUT2D eigenvalue weighted by atomic mass is 10.1. The summed E-state index contributed by atoms with van der Waals surface area (Å²) in [6.45, 7) is 2.65. The molecule has 3 nitrogen and oxygen atoms in total. The van der Waals surface area contributed by atoms with Crippen LogP contribution in [-0.2, 0) is 6.54 Å². The van der Waals surface area contributed by atoms with Crippen molar-refractivity contribution in [3.05, 3.63) is 22.7 Å². The van der Waals surface area contributed by atoms with Gasteiger partial charge in [-0.2, -0.15) is 13.2 Å².